The van der Waals surface area contributed by atoms with Crippen molar-refractivity contribution in [1.29, 1.82) is 0 Å². The summed E-state index contributed by atoms with van der Waals surface area (Å²) in [6.07, 6.45) is 3.77. The van der Waals surface area contributed by atoms with Crippen LogP contribution >= 0.6 is 23.1 Å². The highest BCUT2D eigenvalue weighted by molar-refractivity contribution is 7.99. The number of carbonyl (C=O) groups is 2. The number of aromatic nitrogens is 1. The normalized spacial score (nSPS) is 15.5. The summed E-state index contributed by atoms with van der Waals surface area (Å²) in [4.78, 5) is 31.6. The summed E-state index contributed by atoms with van der Waals surface area (Å²) in [5, 5.41) is 5.28. The number of halogens is 1. The Morgan fingerprint density at radius 3 is 2.81 bits per heavy atom. The summed E-state index contributed by atoms with van der Waals surface area (Å²) in [6, 6.07) is 13.8. The highest BCUT2D eigenvalue weighted by Crippen LogP contribution is 2.36. The van der Waals surface area contributed by atoms with E-state index in [4.69, 9.17) is 0 Å². The van der Waals surface area contributed by atoms with Crippen molar-refractivity contribution in [2.24, 2.45) is 0 Å². The Labute approximate surface area is 188 Å². The standard InChI is InChI=1S/C23H20FN3O2S2/c1-15(28)27(18-5-3-2-4-6-18)23-25-17(14-31-23)8-10-22(29)26-20-11-12-30-21-9-7-16(24)13-19(20)21/h2-10,13-14,20H,11-12H2,1H3,(H,26,29)/b10-8+. The van der Waals surface area contributed by atoms with Crippen LogP contribution in [-0.2, 0) is 9.59 Å². The summed E-state index contributed by atoms with van der Waals surface area (Å²) in [5.41, 5.74) is 2.13. The van der Waals surface area contributed by atoms with E-state index in [0.29, 0.717) is 10.8 Å². The van der Waals surface area contributed by atoms with Crippen LogP contribution in [0.15, 0.2) is 64.9 Å². The first kappa shape index (κ1) is 21.3. The maximum atomic E-state index is 13.7. The van der Waals surface area contributed by atoms with Gasteiger partial charge in [0.1, 0.15) is 5.82 Å². The first-order valence-electron chi connectivity index (χ1n) is 9.73. The summed E-state index contributed by atoms with van der Waals surface area (Å²) in [7, 11) is 0. The Morgan fingerprint density at radius 1 is 1.23 bits per heavy atom. The molecule has 2 amide bonds. The molecule has 0 aliphatic carbocycles. The van der Waals surface area contributed by atoms with Gasteiger partial charge in [0.2, 0.25) is 11.8 Å². The maximum absolute atomic E-state index is 13.7. The topological polar surface area (TPSA) is 62.3 Å². The van der Waals surface area contributed by atoms with Gasteiger partial charge in [0.15, 0.2) is 5.13 Å². The van der Waals surface area contributed by atoms with Crippen LogP contribution in [0.4, 0.5) is 15.2 Å². The zero-order chi connectivity index (χ0) is 21.8. The lowest BCUT2D eigenvalue weighted by Gasteiger charge is -2.25. The van der Waals surface area contributed by atoms with Crippen LogP contribution < -0.4 is 10.2 Å². The van der Waals surface area contributed by atoms with Gasteiger partial charge in [-0.05, 0) is 48.4 Å². The van der Waals surface area contributed by atoms with Crippen molar-refractivity contribution in [2.75, 3.05) is 10.7 Å². The molecule has 0 saturated carbocycles. The number of nitrogens with zero attached hydrogens (tertiary/aromatic N) is 2. The number of para-hydroxylation sites is 1. The van der Waals surface area contributed by atoms with Gasteiger partial charge in [-0.15, -0.1) is 23.1 Å². The molecule has 2 heterocycles. The van der Waals surface area contributed by atoms with E-state index in [1.54, 1.807) is 29.3 Å². The second-order valence-electron chi connectivity index (χ2n) is 6.96. The number of nitrogens with one attached hydrogen (secondary N) is 1. The van der Waals surface area contributed by atoms with Gasteiger partial charge in [0.25, 0.3) is 0 Å². The Balaban J connectivity index is 1.45. The minimum atomic E-state index is -0.306. The van der Waals surface area contributed by atoms with Crippen LogP contribution in [0, 0.1) is 5.82 Å². The molecule has 2 aromatic carbocycles. The lowest BCUT2D eigenvalue weighted by Crippen LogP contribution is -2.29. The molecule has 1 unspecified atom stereocenters. The Morgan fingerprint density at radius 2 is 2.03 bits per heavy atom. The number of thiazole rings is 1. The van der Waals surface area contributed by atoms with Crippen LogP contribution in [0.5, 0.6) is 0 Å². The van der Waals surface area contributed by atoms with Gasteiger partial charge in [-0.2, -0.15) is 0 Å². The van der Waals surface area contributed by atoms with Crippen molar-refractivity contribution in [3.8, 4) is 0 Å². The minimum absolute atomic E-state index is 0.144. The summed E-state index contributed by atoms with van der Waals surface area (Å²) >= 11 is 2.99. The quantitative estimate of drug-likeness (QED) is 0.530. The maximum Gasteiger partial charge on any atom is 0.244 e. The van der Waals surface area contributed by atoms with Crippen molar-refractivity contribution >= 4 is 51.8 Å². The van der Waals surface area contributed by atoms with E-state index < -0.39 is 0 Å². The molecular formula is C23H20FN3O2S2. The molecule has 5 nitrogen and oxygen atoms in total. The Bertz CT molecular complexity index is 1130. The van der Waals surface area contributed by atoms with Crippen LogP contribution in [0.25, 0.3) is 6.08 Å². The molecular weight excluding hydrogens is 433 g/mol. The minimum Gasteiger partial charge on any atom is -0.346 e. The molecule has 0 saturated heterocycles. The lowest BCUT2D eigenvalue weighted by atomic mass is 10.0. The van der Waals surface area contributed by atoms with Crippen LogP contribution in [0.3, 0.4) is 0 Å². The number of fused-ring (bicyclic) bond motifs is 1. The predicted molar refractivity (Wildman–Crippen MR) is 123 cm³/mol. The van der Waals surface area contributed by atoms with Crippen LogP contribution in [0.1, 0.15) is 30.6 Å². The van der Waals surface area contributed by atoms with Crippen molar-refractivity contribution in [3.63, 3.8) is 0 Å². The van der Waals surface area contributed by atoms with Crippen molar-refractivity contribution in [3.05, 3.63) is 77.1 Å². The molecule has 0 spiro atoms. The van der Waals surface area contributed by atoms with E-state index in [0.717, 1.165) is 28.3 Å². The van der Waals surface area contributed by atoms with Crippen molar-refractivity contribution in [2.45, 2.75) is 24.3 Å². The first-order valence-corrected chi connectivity index (χ1v) is 11.6. The zero-order valence-corrected chi connectivity index (χ0v) is 18.4. The summed E-state index contributed by atoms with van der Waals surface area (Å²) in [6.45, 7) is 1.49. The van der Waals surface area contributed by atoms with E-state index in [-0.39, 0.29) is 23.7 Å². The van der Waals surface area contributed by atoms with Crippen LogP contribution in [0.2, 0.25) is 0 Å². The first-order chi connectivity index (χ1) is 15.0. The van der Waals surface area contributed by atoms with E-state index in [1.165, 1.54) is 41.4 Å². The molecule has 3 aromatic rings. The number of anilines is 2. The molecule has 1 N–H and O–H groups in total. The van der Waals surface area contributed by atoms with Gasteiger partial charge in [0, 0.05) is 29.0 Å². The average Bonchev–Trinajstić information content (AvgIpc) is 3.22. The molecule has 0 bridgehead atoms. The third-order valence-corrected chi connectivity index (χ3v) is 6.73. The van der Waals surface area contributed by atoms with Gasteiger partial charge in [-0.1, -0.05) is 18.2 Å². The fraction of sp³-hybridized carbons (Fsp3) is 0.174. The zero-order valence-electron chi connectivity index (χ0n) is 16.7. The fourth-order valence-corrected chi connectivity index (χ4v) is 5.32. The molecule has 1 atom stereocenters. The smallest absolute Gasteiger partial charge is 0.244 e. The number of benzene rings is 2. The third-order valence-electron chi connectivity index (χ3n) is 4.76. The molecule has 0 fully saturated rings. The Hall–Kier alpha value is -2.97. The molecule has 31 heavy (non-hydrogen) atoms. The fourth-order valence-electron chi connectivity index (χ4n) is 3.36. The van der Waals surface area contributed by atoms with E-state index in [9.17, 15) is 14.0 Å². The highest BCUT2D eigenvalue weighted by Gasteiger charge is 2.22. The second-order valence-corrected chi connectivity index (χ2v) is 8.93. The predicted octanol–water partition coefficient (Wildman–Crippen LogP) is 5.33. The number of rotatable bonds is 5. The number of hydrogen-bond donors (Lipinski definition) is 1. The van der Waals surface area contributed by atoms with Gasteiger partial charge >= 0.3 is 0 Å². The van der Waals surface area contributed by atoms with Gasteiger partial charge in [-0.3, -0.25) is 14.5 Å². The lowest BCUT2D eigenvalue weighted by molar-refractivity contribution is -0.117. The number of thioether (sulfide) groups is 1. The van der Waals surface area contributed by atoms with Gasteiger partial charge in [-0.25, -0.2) is 9.37 Å². The van der Waals surface area contributed by atoms with E-state index in [1.807, 2.05) is 30.3 Å². The average molecular weight is 454 g/mol. The SMILES string of the molecule is CC(=O)N(c1ccccc1)c1nc(/C=C/C(=O)NC2CCSc3ccc(F)cc32)cs1. The molecule has 158 valence electrons. The summed E-state index contributed by atoms with van der Waals surface area (Å²) in [5.74, 6) is 0.144. The molecule has 1 aromatic heterocycles. The Kier molecular flexibility index (Phi) is 6.48. The largest absolute Gasteiger partial charge is 0.346 e. The molecule has 1 aliphatic rings. The molecule has 0 radical (unpaired) electrons. The van der Waals surface area contributed by atoms with E-state index in [2.05, 4.69) is 10.3 Å². The van der Waals surface area contributed by atoms with Gasteiger partial charge in [0.05, 0.1) is 17.4 Å². The number of hydrogen-bond acceptors (Lipinski definition) is 5. The summed E-state index contributed by atoms with van der Waals surface area (Å²) < 4.78 is 13.7. The molecule has 4 rings (SSSR count). The van der Waals surface area contributed by atoms with Crippen molar-refractivity contribution < 1.29 is 14.0 Å². The van der Waals surface area contributed by atoms with E-state index >= 15 is 0 Å². The molecule has 8 heteroatoms. The number of carbonyl (C=O) groups excluding carboxylic acids is 2. The highest BCUT2D eigenvalue weighted by atomic mass is 32.2. The molecule has 1 aliphatic heterocycles. The van der Waals surface area contributed by atoms with Crippen molar-refractivity contribution in [1.82, 2.24) is 10.3 Å². The number of amides is 2. The monoisotopic (exact) mass is 453 g/mol. The third kappa shape index (κ3) is 5.03. The van der Waals surface area contributed by atoms with Gasteiger partial charge < -0.3 is 5.32 Å². The van der Waals surface area contributed by atoms with Crippen LogP contribution in [-0.4, -0.2) is 22.6 Å². The second kappa shape index (κ2) is 9.45.